The van der Waals surface area contributed by atoms with Crippen LogP contribution in [0.15, 0.2) is 55.0 Å². The van der Waals surface area contributed by atoms with E-state index < -0.39 is 0 Å². The predicted octanol–water partition coefficient (Wildman–Crippen LogP) is 3.14. The van der Waals surface area contributed by atoms with Gasteiger partial charge >= 0.3 is 0 Å². The van der Waals surface area contributed by atoms with Crippen LogP contribution < -0.4 is 5.73 Å². The van der Waals surface area contributed by atoms with Crippen molar-refractivity contribution in [3.8, 4) is 28.5 Å². The van der Waals surface area contributed by atoms with Crippen molar-refractivity contribution in [1.29, 1.82) is 5.26 Å². The standard InChI is InChI=1S/C18H12N6/c19-9-11-3-1-2-4-12(11)13-5-7-21-17-16(13)14(10-23-17)15-6-8-22-18(20)24-15/h1-8,10H,(H,21,23)(H2,20,22,24). The lowest BCUT2D eigenvalue weighted by Gasteiger charge is -2.08. The van der Waals surface area contributed by atoms with Gasteiger partial charge in [-0.3, -0.25) is 0 Å². The van der Waals surface area contributed by atoms with Crippen molar-refractivity contribution in [2.75, 3.05) is 5.73 Å². The summed E-state index contributed by atoms with van der Waals surface area (Å²) < 4.78 is 0. The normalized spacial score (nSPS) is 10.6. The van der Waals surface area contributed by atoms with Crippen LogP contribution >= 0.6 is 0 Å². The van der Waals surface area contributed by atoms with E-state index in [9.17, 15) is 5.26 Å². The number of aromatic amines is 1. The molecular formula is C18H12N6. The van der Waals surface area contributed by atoms with Crippen molar-refractivity contribution >= 4 is 17.0 Å². The van der Waals surface area contributed by atoms with Gasteiger partial charge in [0.25, 0.3) is 0 Å². The maximum absolute atomic E-state index is 9.41. The van der Waals surface area contributed by atoms with Gasteiger partial charge in [-0.15, -0.1) is 0 Å². The van der Waals surface area contributed by atoms with Crippen LogP contribution in [-0.2, 0) is 0 Å². The minimum atomic E-state index is 0.213. The lowest BCUT2D eigenvalue weighted by molar-refractivity contribution is 1.19. The molecule has 3 N–H and O–H groups in total. The van der Waals surface area contributed by atoms with Crippen LogP contribution in [0, 0.1) is 11.3 Å². The molecule has 0 amide bonds. The van der Waals surface area contributed by atoms with Gasteiger partial charge in [0.1, 0.15) is 5.65 Å². The first-order valence-electron chi connectivity index (χ1n) is 7.32. The molecule has 1 aromatic carbocycles. The minimum absolute atomic E-state index is 0.213. The first-order valence-corrected chi connectivity index (χ1v) is 7.32. The zero-order valence-corrected chi connectivity index (χ0v) is 12.6. The molecule has 0 fully saturated rings. The molecule has 4 rings (SSSR count). The second kappa shape index (κ2) is 5.48. The van der Waals surface area contributed by atoms with Gasteiger partial charge in [-0.05, 0) is 23.8 Å². The monoisotopic (exact) mass is 312 g/mol. The Labute approximate surface area is 137 Å². The Morgan fingerprint density at radius 2 is 1.79 bits per heavy atom. The summed E-state index contributed by atoms with van der Waals surface area (Å²) in [4.78, 5) is 15.8. The molecule has 24 heavy (non-hydrogen) atoms. The van der Waals surface area contributed by atoms with Gasteiger partial charge in [0.15, 0.2) is 0 Å². The number of nitrogen functional groups attached to an aromatic ring is 1. The van der Waals surface area contributed by atoms with Gasteiger partial charge in [-0.2, -0.15) is 5.26 Å². The molecule has 0 saturated carbocycles. The van der Waals surface area contributed by atoms with Gasteiger partial charge in [0, 0.05) is 35.1 Å². The Balaban J connectivity index is 2.05. The summed E-state index contributed by atoms with van der Waals surface area (Å²) in [6.45, 7) is 0. The topological polar surface area (TPSA) is 104 Å². The number of nitrogens with zero attached hydrogens (tertiary/aromatic N) is 4. The van der Waals surface area contributed by atoms with Gasteiger partial charge in [0.05, 0.1) is 17.3 Å². The molecule has 0 aliphatic carbocycles. The third-order valence-corrected chi connectivity index (χ3v) is 3.86. The maximum atomic E-state index is 9.41. The van der Waals surface area contributed by atoms with Crippen LogP contribution in [0.1, 0.15) is 5.56 Å². The van der Waals surface area contributed by atoms with E-state index in [1.54, 1.807) is 24.5 Å². The van der Waals surface area contributed by atoms with Crippen molar-refractivity contribution in [3.63, 3.8) is 0 Å². The number of hydrogen-bond acceptors (Lipinski definition) is 5. The lowest BCUT2D eigenvalue weighted by atomic mass is 9.96. The van der Waals surface area contributed by atoms with E-state index in [1.807, 2.05) is 30.5 Å². The van der Waals surface area contributed by atoms with Crippen LogP contribution in [0.3, 0.4) is 0 Å². The van der Waals surface area contributed by atoms with E-state index in [-0.39, 0.29) is 5.95 Å². The fraction of sp³-hybridized carbons (Fsp3) is 0. The van der Waals surface area contributed by atoms with Gasteiger partial charge < -0.3 is 10.7 Å². The van der Waals surface area contributed by atoms with Gasteiger partial charge in [0.2, 0.25) is 5.95 Å². The van der Waals surface area contributed by atoms with Crippen molar-refractivity contribution < 1.29 is 0 Å². The molecule has 4 aromatic rings. The summed E-state index contributed by atoms with van der Waals surface area (Å²) in [6.07, 6.45) is 5.19. The van der Waals surface area contributed by atoms with E-state index in [2.05, 4.69) is 26.0 Å². The van der Waals surface area contributed by atoms with E-state index >= 15 is 0 Å². The Morgan fingerprint density at radius 1 is 0.958 bits per heavy atom. The maximum Gasteiger partial charge on any atom is 0.220 e. The molecular weight excluding hydrogens is 300 g/mol. The van der Waals surface area contributed by atoms with Crippen LogP contribution in [0.5, 0.6) is 0 Å². The molecule has 0 spiro atoms. The van der Waals surface area contributed by atoms with Crippen LogP contribution in [-0.4, -0.2) is 19.9 Å². The number of nitriles is 1. The lowest BCUT2D eigenvalue weighted by Crippen LogP contribution is -1.95. The summed E-state index contributed by atoms with van der Waals surface area (Å²) in [6, 6.07) is 13.4. The summed E-state index contributed by atoms with van der Waals surface area (Å²) in [5.74, 6) is 0.213. The third kappa shape index (κ3) is 2.16. The number of nitrogens with one attached hydrogen (secondary N) is 1. The average molecular weight is 312 g/mol. The molecule has 114 valence electrons. The number of aromatic nitrogens is 4. The fourth-order valence-electron chi connectivity index (χ4n) is 2.82. The molecule has 0 atom stereocenters. The van der Waals surface area contributed by atoms with Gasteiger partial charge in [-0.1, -0.05) is 18.2 Å². The zero-order valence-electron chi connectivity index (χ0n) is 12.6. The average Bonchev–Trinajstić information content (AvgIpc) is 3.06. The molecule has 0 aliphatic heterocycles. The quantitative estimate of drug-likeness (QED) is 0.591. The van der Waals surface area contributed by atoms with E-state index in [0.29, 0.717) is 11.3 Å². The summed E-state index contributed by atoms with van der Waals surface area (Å²) >= 11 is 0. The zero-order chi connectivity index (χ0) is 16.5. The molecule has 3 heterocycles. The summed E-state index contributed by atoms with van der Waals surface area (Å²) in [7, 11) is 0. The highest BCUT2D eigenvalue weighted by atomic mass is 15.0. The van der Waals surface area contributed by atoms with Crippen LogP contribution in [0.4, 0.5) is 5.95 Å². The minimum Gasteiger partial charge on any atom is -0.368 e. The number of H-pyrrole nitrogens is 1. The van der Waals surface area contributed by atoms with Crippen molar-refractivity contribution in [1.82, 2.24) is 19.9 Å². The Hall–Kier alpha value is -3.72. The number of fused-ring (bicyclic) bond motifs is 1. The SMILES string of the molecule is N#Cc1ccccc1-c1ccnc2[nH]cc(-c3ccnc(N)n3)c12. The number of anilines is 1. The highest BCUT2D eigenvalue weighted by molar-refractivity contribution is 6.04. The van der Waals surface area contributed by atoms with Crippen molar-refractivity contribution in [3.05, 3.63) is 60.6 Å². The Kier molecular flexibility index (Phi) is 3.18. The molecule has 0 saturated heterocycles. The third-order valence-electron chi connectivity index (χ3n) is 3.86. The first kappa shape index (κ1) is 13.9. The van der Waals surface area contributed by atoms with E-state index in [0.717, 1.165) is 27.7 Å². The molecule has 6 heteroatoms. The highest BCUT2D eigenvalue weighted by Crippen LogP contribution is 2.36. The number of rotatable bonds is 2. The fourth-order valence-corrected chi connectivity index (χ4v) is 2.82. The number of benzene rings is 1. The smallest absolute Gasteiger partial charge is 0.220 e. The predicted molar refractivity (Wildman–Crippen MR) is 91.7 cm³/mol. The molecule has 3 aromatic heterocycles. The largest absolute Gasteiger partial charge is 0.368 e. The first-order chi connectivity index (χ1) is 11.8. The second-order valence-electron chi connectivity index (χ2n) is 5.24. The molecule has 0 radical (unpaired) electrons. The van der Waals surface area contributed by atoms with Crippen molar-refractivity contribution in [2.45, 2.75) is 0 Å². The van der Waals surface area contributed by atoms with Crippen LogP contribution in [0.25, 0.3) is 33.4 Å². The van der Waals surface area contributed by atoms with Crippen LogP contribution in [0.2, 0.25) is 0 Å². The molecule has 0 aliphatic rings. The summed E-state index contributed by atoms with van der Waals surface area (Å²) in [5.41, 5.74) is 10.4. The number of nitrogens with two attached hydrogens (primary N) is 1. The molecule has 0 unspecified atom stereocenters. The van der Waals surface area contributed by atoms with E-state index in [4.69, 9.17) is 5.73 Å². The summed E-state index contributed by atoms with van der Waals surface area (Å²) in [5, 5.41) is 10.3. The number of hydrogen-bond donors (Lipinski definition) is 2. The highest BCUT2D eigenvalue weighted by Gasteiger charge is 2.15. The number of pyridine rings is 1. The van der Waals surface area contributed by atoms with E-state index in [1.165, 1.54) is 0 Å². The Bertz CT molecular complexity index is 1090. The molecule has 0 bridgehead atoms. The van der Waals surface area contributed by atoms with Crippen molar-refractivity contribution in [2.24, 2.45) is 0 Å². The van der Waals surface area contributed by atoms with Gasteiger partial charge in [-0.25, -0.2) is 15.0 Å². The second-order valence-corrected chi connectivity index (χ2v) is 5.24. The Morgan fingerprint density at radius 3 is 2.62 bits per heavy atom. The molecule has 6 nitrogen and oxygen atoms in total.